The molecule has 0 unspecified atom stereocenters. The molecule has 29 heavy (non-hydrogen) atoms. The summed E-state index contributed by atoms with van der Waals surface area (Å²) in [6, 6.07) is 27.1. The van der Waals surface area contributed by atoms with Crippen LogP contribution >= 0.6 is 11.3 Å². The van der Waals surface area contributed by atoms with Gasteiger partial charge in [0.15, 0.2) is 0 Å². The molecular weight excluding hydrogens is 402 g/mol. The maximum Gasteiger partial charge on any atom is 0.294 e. The molecular formula is C23H19NO3S2. The van der Waals surface area contributed by atoms with E-state index in [0.717, 1.165) is 32.1 Å². The van der Waals surface area contributed by atoms with E-state index in [9.17, 15) is 8.42 Å². The van der Waals surface area contributed by atoms with E-state index < -0.39 is 10.1 Å². The van der Waals surface area contributed by atoms with Crippen LogP contribution in [0.25, 0.3) is 32.0 Å². The van der Waals surface area contributed by atoms with Crippen LogP contribution in [-0.2, 0) is 10.1 Å². The Kier molecular flexibility index (Phi) is 5.24. The topological polar surface area (TPSA) is 66.4 Å². The SMILES string of the molecule is CNc1ccc(-c2ccc(-c3ccc(-c4ccc(S(=O)(=O)O)cc4)s3)cc2)cc1. The highest BCUT2D eigenvalue weighted by Crippen LogP contribution is 2.35. The summed E-state index contributed by atoms with van der Waals surface area (Å²) in [5.41, 5.74) is 5.46. The Morgan fingerprint density at radius 1 is 0.655 bits per heavy atom. The van der Waals surface area contributed by atoms with E-state index in [1.54, 1.807) is 23.5 Å². The molecule has 2 N–H and O–H groups in total. The average molecular weight is 422 g/mol. The molecule has 0 bridgehead atoms. The summed E-state index contributed by atoms with van der Waals surface area (Å²) >= 11 is 1.64. The molecule has 3 aromatic carbocycles. The minimum absolute atomic E-state index is 0.101. The van der Waals surface area contributed by atoms with Crippen LogP contribution in [0, 0.1) is 0 Å². The Labute approximate surface area is 174 Å². The van der Waals surface area contributed by atoms with Gasteiger partial charge in [-0.3, -0.25) is 4.55 Å². The Hall–Kier alpha value is -2.93. The van der Waals surface area contributed by atoms with Crippen LogP contribution in [0.2, 0.25) is 0 Å². The van der Waals surface area contributed by atoms with E-state index in [2.05, 4.69) is 59.9 Å². The third-order valence-electron chi connectivity index (χ3n) is 4.72. The molecule has 4 aromatic rings. The second-order valence-corrected chi connectivity index (χ2v) is 9.07. The van der Waals surface area contributed by atoms with Gasteiger partial charge in [-0.25, -0.2) is 0 Å². The lowest BCUT2D eigenvalue weighted by Gasteiger charge is -2.05. The Morgan fingerprint density at radius 2 is 1.07 bits per heavy atom. The molecule has 1 heterocycles. The molecule has 0 atom stereocenters. The highest BCUT2D eigenvalue weighted by atomic mass is 32.2. The van der Waals surface area contributed by atoms with Crippen molar-refractivity contribution in [1.82, 2.24) is 0 Å². The summed E-state index contributed by atoms with van der Waals surface area (Å²) in [5.74, 6) is 0. The highest BCUT2D eigenvalue weighted by Gasteiger charge is 2.10. The molecule has 0 spiro atoms. The van der Waals surface area contributed by atoms with Crippen LogP contribution in [0.5, 0.6) is 0 Å². The fourth-order valence-electron chi connectivity index (χ4n) is 3.10. The van der Waals surface area contributed by atoms with Crippen molar-refractivity contribution in [2.45, 2.75) is 4.90 Å². The number of thiophene rings is 1. The number of benzene rings is 3. The maximum absolute atomic E-state index is 11.2. The van der Waals surface area contributed by atoms with E-state index in [1.165, 1.54) is 17.7 Å². The lowest BCUT2D eigenvalue weighted by molar-refractivity contribution is 0.483. The third kappa shape index (κ3) is 4.24. The van der Waals surface area contributed by atoms with Gasteiger partial charge in [0.1, 0.15) is 0 Å². The van der Waals surface area contributed by atoms with Gasteiger partial charge in [0.25, 0.3) is 10.1 Å². The first-order chi connectivity index (χ1) is 13.9. The van der Waals surface area contributed by atoms with Crippen LogP contribution in [0.15, 0.2) is 89.8 Å². The second-order valence-electron chi connectivity index (χ2n) is 6.57. The number of nitrogens with one attached hydrogen (secondary N) is 1. The maximum atomic E-state index is 11.2. The number of rotatable bonds is 5. The molecule has 0 aliphatic rings. The Bertz CT molecular complexity index is 1220. The molecule has 1 aromatic heterocycles. The quantitative estimate of drug-likeness (QED) is 0.386. The van der Waals surface area contributed by atoms with Gasteiger partial charge in [-0.05, 0) is 58.7 Å². The van der Waals surface area contributed by atoms with Gasteiger partial charge in [0.2, 0.25) is 0 Å². The fourth-order valence-corrected chi connectivity index (χ4v) is 4.59. The molecule has 4 rings (SSSR count). The summed E-state index contributed by atoms with van der Waals surface area (Å²) in [4.78, 5) is 2.07. The average Bonchev–Trinajstić information content (AvgIpc) is 3.24. The standard InChI is InChI=1S/C23H19NO3S2/c1-24-20-10-6-17(7-11-20)16-2-4-18(5-3-16)22-14-15-23(28-22)19-8-12-21(13-9-19)29(25,26)27/h2-15,24H,1H3,(H,25,26,27). The molecule has 0 amide bonds. The Balaban J connectivity index is 1.56. The normalized spacial score (nSPS) is 11.4. The summed E-state index contributed by atoms with van der Waals surface area (Å²) in [6.07, 6.45) is 0. The number of hydrogen-bond acceptors (Lipinski definition) is 4. The lowest BCUT2D eigenvalue weighted by atomic mass is 10.0. The van der Waals surface area contributed by atoms with E-state index in [1.807, 2.05) is 13.1 Å². The van der Waals surface area contributed by atoms with Crippen LogP contribution in [-0.4, -0.2) is 20.0 Å². The zero-order valence-corrected chi connectivity index (χ0v) is 17.3. The molecule has 0 aliphatic carbocycles. The van der Waals surface area contributed by atoms with E-state index in [-0.39, 0.29) is 4.90 Å². The van der Waals surface area contributed by atoms with Gasteiger partial charge >= 0.3 is 0 Å². The van der Waals surface area contributed by atoms with Crippen LogP contribution < -0.4 is 5.32 Å². The summed E-state index contributed by atoms with van der Waals surface area (Å²) in [6.45, 7) is 0. The smallest absolute Gasteiger partial charge is 0.294 e. The van der Waals surface area contributed by atoms with Crippen molar-refractivity contribution >= 4 is 27.1 Å². The van der Waals surface area contributed by atoms with Crippen molar-refractivity contribution in [3.05, 3.63) is 84.9 Å². The van der Waals surface area contributed by atoms with Gasteiger partial charge < -0.3 is 5.32 Å². The summed E-state index contributed by atoms with van der Waals surface area (Å²) in [5, 5.41) is 3.12. The summed E-state index contributed by atoms with van der Waals surface area (Å²) in [7, 11) is -2.27. The van der Waals surface area contributed by atoms with Gasteiger partial charge in [0.05, 0.1) is 4.90 Å². The second kappa shape index (κ2) is 7.83. The molecule has 0 radical (unpaired) electrons. The Morgan fingerprint density at radius 3 is 1.52 bits per heavy atom. The van der Waals surface area contributed by atoms with E-state index in [4.69, 9.17) is 4.55 Å². The van der Waals surface area contributed by atoms with Crippen molar-refractivity contribution in [3.8, 4) is 32.0 Å². The predicted octanol–water partition coefficient (Wildman–Crippen LogP) is 6.04. The number of hydrogen-bond donors (Lipinski definition) is 2. The van der Waals surface area contributed by atoms with Crippen molar-refractivity contribution in [2.24, 2.45) is 0 Å². The van der Waals surface area contributed by atoms with Gasteiger partial charge in [-0.1, -0.05) is 48.5 Å². The third-order valence-corrected chi connectivity index (χ3v) is 6.77. The van der Waals surface area contributed by atoms with Crippen molar-refractivity contribution in [3.63, 3.8) is 0 Å². The fraction of sp³-hybridized carbons (Fsp3) is 0.0435. The zero-order valence-electron chi connectivity index (χ0n) is 15.7. The monoisotopic (exact) mass is 421 g/mol. The van der Waals surface area contributed by atoms with Gasteiger partial charge in [0, 0.05) is 22.5 Å². The van der Waals surface area contributed by atoms with Crippen molar-refractivity contribution in [2.75, 3.05) is 12.4 Å². The zero-order chi connectivity index (χ0) is 20.4. The molecule has 0 saturated heterocycles. The van der Waals surface area contributed by atoms with Crippen molar-refractivity contribution in [1.29, 1.82) is 0 Å². The molecule has 0 fully saturated rings. The minimum Gasteiger partial charge on any atom is -0.388 e. The van der Waals surface area contributed by atoms with Crippen molar-refractivity contribution < 1.29 is 13.0 Å². The number of anilines is 1. The molecule has 6 heteroatoms. The lowest BCUT2D eigenvalue weighted by Crippen LogP contribution is -1.96. The van der Waals surface area contributed by atoms with Gasteiger partial charge in [-0.2, -0.15) is 8.42 Å². The first kappa shape index (κ1) is 19.4. The van der Waals surface area contributed by atoms with Crippen LogP contribution in [0.3, 0.4) is 0 Å². The molecule has 146 valence electrons. The van der Waals surface area contributed by atoms with Crippen LogP contribution in [0.1, 0.15) is 0 Å². The molecule has 4 nitrogen and oxygen atoms in total. The highest BCUT2D eigenvalue weighted by molar-refractivity contribution is 7.85. The largest absolute Gasteiger partial charge is 0.388 e. The first-order valence-electron chi connectivity index (χ1n) is 9.00. The predicted molar refractivity (Wildman–Crippen MR) is 120 cm³/mol. The van der Waals surface area contributed by atoms with E-state index in [0.29, 0.717) is 0 Å². The van der Waals surface area contributed by atoms with Crippen LogP contribution in [0.4, 0.5) is 5.69 Å². The first-order valence-corrected chi connectivity index (χ1v) is 11.3. The van der Waals surface area contributed by atoms with Gasteiger partial charge in [-0.15, -0.1) is 11.3 Å². The minimum atomic E-state index is -4.17. The molecule has 0 saturated carbocycles. The molecule has 0 aliphatic heterocycles. The summed E-state index contributed by atoms with van der Waals surface area (Å²) < 4.78 is 31.5. The van der Waals surface area contributed by atoms with E-state index >= 15 is 0 Å².